The molecule has 2 aromatic rings. The highest BCUT2D eigenvalue weighted by Crippen LogP contribution is 2.31. The largest absolute Gasteiger partial charge is 0.493 e. The zero-order valence-corrected chi connectivity index (χ0v) is 11.6. The average molecular weight is 273 g/mol. The molecule has 1 unspecified atom stereocenters. The Kier molecular flexibility index (Phi) is 3.69. The molecule has 0 bridgehead atoms. The van der Waals surface area contributed by atoms with Crippen LogP contribution in [-0.4, -0.2) is 16.7 Å². The Morgan fingerprint density at radius 2 is 2.25 bits per heavy atom. The Bertz CT molecular complexity index is 582. The van der Waals surface area contributed by atoms with Gasteiger partial charge in [0.25, 0.3) is 0 Å². The first-order chi connectivity index (χ1) is 9.78. The van der Waals surface area contributed by atoms with Crippen molar-refractivity contribution >= 4 is 0 Å². The van der Waals surface area contributed by atoms with Crippen molar-refractivity contribution in [3.63, 3.8) is 0 Å². The Labute approximate surface area is 118 Å². The molecule has 106 valence electrons. The lowest BCUT2D eigenvalue weighted by molar-refractivity contribution is 0.253. The molecule has 1 aliphatic heterocycles. The fraction of sp³-hybridized carbons (Fsp3) is 0.467. The SMILES string of the molecule is CCC[C@@H](N)c1nc(C2COc3ccccc3C2)no1. The molecule has 1 aromatic heterocycles. The number of nitrogens with zero attached hydrogens (tertiary/aromatic N) is 2. The monoisotopic (exact) mass is 273 g/mol. The highest BCUT2D eigenvalue weighted by atomic mass is 16.5. The lowest BCUT2D eigenvalue weighted by Crippen LogP contribution is -2.20. The molecule has 0 radical (unpaired) electrons. The quantitative estimate of drug-likeness (QED) is 0.926. The van der Waals surface area contributed by atoms with Gasteiger partial charge in [-0.05, 0) is 24.5 Å². The molecule has 1 aliphatic rings. The first-order valence-electron chi connectivity index (χ1n) is 7.07. The smallest absolute Gasteiger partial charge is 0.243 e. The van der Waals surface area contributed by atoms with Gasteiger partial charge in [0.1, 0.15) is 5.75 Å². The number of ether oxygens (including phenoxy) is 1. The lowest BCUT2D eigenvalue weighted by atomic mass is 9.96. The maximum absolute atomic E-state index is 6.00. The number of aromatic nitrogens is 2. The third-order valence-corrected chi connectivity index (χ3v) is 3.62. The van der Waals surface area contributed by atoms with E-state index >= 15 is 0 Å². The first-order valence-corrected chi connectivity index (χ1v) is 7.07. The number of nitrogens with two attached hydrogens (primary N) is 1. The van der Waals surface area contributed by atoms with Crippen molar-refractivity contribution in [3.05, 3.63) is 41.5 Å². The van der Waals surface area contributed by atoms with E-state index in [0.717, 1.165) is 25.0 Å². The van der Waals surface area contributed by atoms with Gasteiger partial charge in [0.2, 0.25) is 5.89 Å². The minimum Gasteiger partial charge on any atom is -0.493 e. The van der Waals surface area contributed by atoms with Crippen LogP contribution < -0.4 is 10.5 Å². The van der Waals surface area contributed by atoms with Crippen LogP contribution in [0.15, 0.2) is 28.8 Å². The molecule has 5 heteroatoms. The van der Waals surface area contributed by atoms with Crippen LogP contribution in [0.5, 0.6) is 5.75 Å². The molecule has 3 rings (SSSR count). The van der Waals surface area contributed by atoms with Crippen molar-refractivity contribution in [2.45, 2.75) is 38.1 Å². The van der Waals surface area contributed by atoms with E-state index in [-0.39, 0.29) is 12.0 Å². The molecule has 0 spiro atoms. The minimum absolute atomic E-state index is 0.135. The lowest BCUT2D eigenvalue weighted by Gasteiger charge is -2.22. The second-order valence-electron chi connectivity index (χ2n) is 5.21. The molecule has 2 atom stereocenters. The molecule has 2 N–H and O–H groups in total. The average Bonchev–Trinajstić information content (AvgIpc) is 2.97. The Balaban J connectivity index is 1.75. The van der Waals surface area contributed by atoms with E-state index in [1.807, 2.05) is 18.2 Å². The van der Waals surface area contributed by atoms with Crippen molar-refractivity contribution < 1.29 is 9.26 Å². The van der Waals surface area contributed by atoms with Crippen LogP contribution >= 0.6 is 0 Å². The summed E-state index contributed by atoms with van der Waals surface area (Å²) < 4.78 is 11.0. The summed E-state index contributed by atoms with van der Waals surface area (Å²) in [7, 11) is 0. The number of hydrogen-bond donors (Lipinski definition) is 1. The predicted molar refractivity (Wildman–Crippen MR) is 74.5 cm³/mol. The van der Waals surface area contributed by atoms with Crippen molar-refractivity contribution in [1.29, 1.82) is 0 Å². The van der Waals surface area contributed by atoms with Gasteiger partial charge in [-0.15, -0.1) is 0 Å². The summed E-state index contributed by atoms with van der Waals surface area (Å²) in [5, 5.41) is 4.07. The van der Waals surface area contributed by atoms with Crippen LogP contribution in [0.25, 0.3) is 0 Å². The number of rotatable bonds is 4. The van der Waals surface area contributed by atoms with E-state index in [0.29, 0.717) is 18.3 Å². The Morgan fingerprint density at radius 1 is 1.40 bits per heavy atom. The molecule has 1 aromatic carbocycles. The Hall–Kier alpha value is -1.88. The fourth-order valence-corrected chi connectivity index (χ4v) is 2.49. The zero-order chi connectivity index (χ0) is 13.9. The summed E-state index contributed by atoms with van der Waals surface area (Å²) in [5.41, 5.74) is 7.19. The summed E-state index contributed by atoms with van der Waals surface area (Å²) >= 11 is 0. The van der Waals surface area contributed by atoms with E-state index < -0.39 is 0 Å². The molecule has 0 amide bonds. The van der Waals surface area contributed by atoms with Gasteiger partial charge in [0, 0.05) is 0 Å². The summed E-state index contributed by atoms with van der Waals surface area (Å²) in [6.07, 6.45) is 2.72. The van der Waals surface area contributed by atoms with Crippen molar-refractivity contribution in [3.8, 4) is 5.75 Å². The van der Waals surface area contributed by atoms with Crippen LogP contribution in [0.3, 0.4) is 0 Å². The number of benzene rings is 1. The molecule has 20 heavy (non-hydrogen) atoms. The van der Waals surface area contributed by atoms with Gasteiger partial charge < -0.3 is 15.0 Å². The van der Waals surface area contributed by atoms with Crippen LogP contribution in [0.2, 0.25) is 0 Å². The molecule has 0 aliphatic carbocycles. The molecule has 0 fully saturated rings. The van der Waals surface area contributed by atoms with Gasteiger partial charge in [-0.1, -0.05) is 36.7 Å². The second kappa shape index (κ2) is 5.63. The van der Waals surface area contributed by atoms with Gasteiger partial charge in [-0.2, -0.15) is 4.98 Å². The van der Waals surface area contributed by atoms with Crippen LogP contribution in [-0.2, 0) is 6.42 Å². The third-order valence-electron chi connectivity index (χ3n) is 3.62. The Morgan fingerprint density at radius 3 is 3.10 bits per heavy atom. The molecular weight excluding hydrogens is 254 g/mol. The van der Waals surface area contributed by atoms with E-state index in [2.05, 4.69) is 23.1 Å². The van der Waals surface area contributed by atoms with Crippen molar-refractivity contribution in [1.82, 2.24) is 10.1 Å². The van der Waals surface area contributed by atoms with Gasteiger partial charge in [-0.25, -0.2) is 0 Å². The van der Waals surface area contributed by atoms with Gasteiger partial charge in [0.05, 0.1) is 18.6 Å². The highest BCUT2D eigenvalue weighted by molar-refractivity contribution is 5.36. The number of fused-ring (bicyclic) bond motifs is 1. The maximum atomic E-state index is 6.00. The van der Waals surface area contributed by atoms with E-state index in [1.54, 1.807) is 0 Å². The summed E-state index contributed by atoms with van der Waals surface area (Å²) in [5.74, 6) is 2.31. The summed E-state index contributed by atoms with van der Waals surface area (Å²) in [6, 6.07) is 7.90. The van der Waals surface area contributed by atoms with Crippen molar-refractivity contribution in [2.75, 3.05) is 6.61 Å². The topological polar surface area (TPSA) is 74.2 Å². The molecule has 2 heterocycles. The molecule has 0 saturated heterocycles. The minimum atomic E-state index is -0.168. The fourth-order valence-electron chi connectivity index (χ4n) is 2.49. The van der Waals surface area contributed by atoms with Crippen LogP contribution in [0.4, 0.5) is 0 Å². The standard InChI is InChI=1S/C15H19N3O2/c1-2-5-12(16)15-17-14(18-20-15)11-8-10-6-3-4-7-13(10)19-9-11/h3-4,6-7,11-12H,2,5,8-9,16H2,1H3/t11?,12-/m1/s1. The zero-order valence-electron chi connectivity index (χ0n) is 11.6. The normalized spacial score (nSPS) is 19.2. The second-order valence-corrected chi connectivity index (χ2v) is 5.21. The van der Waals surface area contributed by atoms with Crippen molar-refractivity contribution in [2.24, 2.45) is 5.73 Å². The van der Waals surface area contributed by atoms with Gasteiger partial charge in [-0.3, -0.25) is 0 Å². The summed E-state index contributed by atoms with van der Waals surface area (Å²) in [6.45, 7) is 2.67. The van der Waals surface area contributed by atoms with Crippen LogP contribution in [0.1, 0.15) is 49.0 Å². The van der Waals surface area contributed by atoms with Gasteiger partial charge in [0.15, 0.2) is 5.82 Å². The molecule has 5 nitrogen and oxygen atoms in total. The van der Waals surface area contributed by atoms with E-state index in [9.17, 15) is 0 Å². The molecular formula is C15H19N3O2. The van der Waals surface area contributed by atoms with Crippen LogP contribution in [0, 0.1) is 0 Å². The van der Waals surface area contributed by atoms with Gasteiger partial charge >= 0.3 is 0 Å². The third kappa shape index (κ3) is 2.54. The predicted octanol–water partition coefficient (Wildman–Crippen LogP) is 2.59. The number of para-hydroxylation sites is 1. The molecule has 0 saturated carbocycles. The van der Waals surface area contributed by atoms with E-state index in [4.69, 9.17) is 15.0 Å². The number of hydrogen-bond acceptors (Lipinski definition) is 5. The highest BCUT2D eigenvalue weighted by Gasteiger charge is 2.26. The van der Waals surface area contributed by atoms with E-state index in [1.165, 1.54) is 5.56 Å². The summed E-state index contributed by atoms with van der Waals surface area (Å²) in [4.78, 5) is 4.44. The first kappa shape index (κ1) is 13.1. The maximum Gasteiger partial charge on any atom is 0.243 e.